The minimum atomic E-state index is 0.460. The molecule has 0 N–H and O–H groups in total. The Labute approximate surface area is 145 Å². The molecule has 1 heteroatoms. The lowest BCUT2D eigenvalue weighted by atomic mass is 10.0. The topological polar surface area (TPSA) is 12.4 Å². The van der Waals surface area contributed by atoms with Gasteiger partial charge in [-0.1, -0.05) is 115 Å². The minimum absolute atomic E-state index is 0.460. The highest BCUT2D eigenvalue weighted by Crippen LogP contribution is 2.13. The van der Waals surface area contributed by atoms with E-state index in [1.165, 1.54) is 89.9 Å². The Kier molecular flexibility index (Phi) is 14.1. The third kappa shape index (κ3) is 13.3. The number of rotatable bonds is 16. The molecule has 132 valence electrons. The second-order valence-corrected chi connectivity index (χ2v) is 7.00. The summed E-state index contributed by atoms with van der Waals surface area (Å²) in [5.41, 5.74) is 0. The molecule has 0 saturated heterocycles. The molecule has 0 aliphatic heterocycles. The van der Waals surface area contributed by atoms with E-state index in [1.807, 2.05) is 0 Å². The molecule has 0 saturated carbocycles. The van der Waals surface area contributed by atoms with E-state index < -0.39 is 0 Å². The number of hydrogen-bond acceptors (Lipinski definition) is 1. The quantitative estimate of drug-likeness (QED) is 0.209. The first-order valence-electron chi connectivity index (χ1n) is 10.3. The maximum absolute atomic E-state index is 4.52. The van der Waals surface area contributed by atoms with Crippen LogP contribution < -0.4 is 0 Å². The van der Waals surface area contributed by atoms with Gasteiger partial charge >= 0.3 is 0 Å². The second kappa shape index (κ2) is 16.0. The van der Waals surface area contributed by atoms with E-state index in [-0.39, 0.29) is 0 Å². The van der Waals surface area contributed by atoms with E-state index in [4.69, 9.17) is 0 Å². The molecule has 0 bridgehead atoms. The summed E-state index contributed by atoms with van der Waals surface area (Å²) in [4.78, 5) is 4.52. The summed E-state index contributed by atoms with van der Waals surface area (Å²) in [6, 6.07) is 0. The van der Waals surface area contributed by atoms with Crippen LogP contribution in [0.3, 0.4) is 0 Å². The molecule has 0 spiro atoms. The third-order valence-corrected chi connectivity index (χ3v) is 4.70. The van der Waals surface area contributed by atoms with Crippen molar-refractivity contribution in [2.45, 2.75) is 96.8 Å². The zero-order valence-electron chi connectivity index (χ0n) is 15.5. The van der Waals surface area contributed by atoms with Gasteiger partial charge in [-0.15, -0.1) is 0 Å². The van der Waals surface area contributed by atoms with Crippen LogP contribution in [0.15, 0.2) is 29.3 Å². The first-order valence-corrected chi connectivity index (χ1v) is 10.3. The molecule has 0 fully saturated rings. The summed E-state index contributed by atoms with van der Waals surface area (Å²) in [5.74, 6) is 0.460. The lowest BCUT2D eigenvalue weighted by Gasteiger charge is -2.03. The Morgan fingerprint density at radius 2 is 1.09 bits per heavy atom. The van der Waals surface area contributed by atoms with Crippen molar-refractivity contribution in [1.29, 1.82) is 0 Å². The fourth-order valence-corrected chi connectivity index (χ4v) is 3.14. The van der Waals surface area contributed by atoms with E-state index >= 15 is 0 Å². The number of aliphatic imine (C=N–C) groups is 1. The van der Waals surface area contributed by atoms with Gasteiger partial charge in [-0.3, -0.25) is 4.99 Å². The molecule has 1 rings (SSSR count). The zero-order valence-corrected chi connectivity index (χ0v) is 15.5. The summed E-state index contributed by atoms with van der Waals surface area (Å²) in [6.45, 7) is 3.30. The maximum atomic E-state index is 4.52. The van der Waals surface area contributed by atoms with Crippen molar-refractivity contribution in [2.75, 3.05) is 6.54 Å². The Hall–Kier alpha value is -0.850. The minimum Gasteiger partial charge on any atom is -0.297 e. The zero-order chi connectivity index (χ0) is 16.4. The van der Waals surface area contributed by atoms with Crippen LogP contribution in [0, 0.1) is 5.92 Å². The lowest BCUT2D eigenvalue weighted by Crippen LogP contribution is -1.92. The molecule has 0 heterocycles. The molecule has 1 aliphatic carbocycles. The predicted molar refractivity (Wildman–Crippen MR) is 105 cm³/mol. The first-order chi connectivity index (χ1) is 11.4. The molecule has 1 nitrogen and oxygen atoms in total. The van der Waals surface area contributed by atoms with Gasteiger partial charge in [-0.25, -0.2) is 0 Å². The van der Waals surface area contributed by atoms with Gasteiger partial charge in [-0.05, 0) is 6.42 Å². The van der Waals surface area contributed by atoms with Crippen molar-refractivity contribution in [3.63, 3.8) is 0 Å². The summed E-state index contributed by atoms with van der Waals surface area (Å²) in [7, 11) is 0. The molecular formula is C22H39N. The second-order valence-electron chi connectivity index (χ2n) is 7.00. The molecule has 0 amide bonds. The highest BCUT2D eigenvalue weighted by molar-refractivity contribution is 5.67. The number of hydrogen-bond donors (Lipinski definition) is 0. The van der Waals surface area contributed by atoms with Crippen LogP contribution in [-0.4, -0.2) is 12.8 Å². The van der Waals surface area contributed by atoms with Crippen molar-refractivity contribution < 1.29 is 0 Å². The van der Waals surface area contributed by atoms with E-state index in [0.717, 1.165) is 6.54 Å². The van der Waals surface area contributed by atoms with E-state index in [9.17, 15) is 0 Å². The summed E-state index contributed by atoms with van der Waals surface area (Å²) in [5, 5.41) is 0. The molecule has 0 aromatic rings. The van der Waals surface area contributed by atoms with Gasteiger partial charge in [0.15, 0.2) is 0 Å². The average Bonchev–Trinajstić information content (AvgIpc) is 3.08. The average molecular weight is 318 g/mol. The smallest absolute Gasteiger partial charge is 0.0385 e. The molecule has 1 aliphatic rings. The van der Waals surface area contributed by atoms with Crippen molar-refractivity contribution in [1.82, 2.24) is 0 Å². The standard InChI is InChI=1S/C22H39N/c1-2-3-4-5-6-7-8-9-10-11-12-13-14-17-20-23-21-22-18-15-16-19-22/h15-16,18-19,21-22H,2-14,17,20H2,1H3. The van der Waals surface area contributed by atoms with Crippen molar-refractivity contribution in [2.24, 2.45) is 10.9 Å². The van der Waals surface area contributed by atoms with Gasteiger partial charge in [0.25, 0.3) is 0 Å². The Morgan fingerprint density at radius 3 is 1.57 bits per heavy atom. The van der Waals surface area contributed by atoms with Crippen LogP contribution >= 0.6 is 0 Å². The summed E-state index contributed by atoms with van der Waals surface area (Å²) < 4.78 is 0. The van der Waals surface area contributed by atoms with Crippen molar-refractivity contribution in [3.8, 4) is 0 Å². The van der Waals surface area contributed by atoms with E-state index in [0.29, 0.717) is 5.92 Å². The fraction of sp³-hybridized carbons (Fsp3) is 0.773. The van der Waals surface area contributed by atoms with Gasteiger partial charge in [0.2, 0.25) is 0 Å². The van der Waals surface area contributed by atoms with Crippen LogP contribution in [0.4, 0.5) is 0 Å². The van der Waals surface area contributed by atoms with E-state index in [2.05, 4.69) is 42.4 Å². The van der Waals surface area contributed by atoms with E-state index in [1.54, 1.807) is 0 Å². The number of allylic oxidation sites excluding steroid dienone is 4. The highest BCUT2D eigenvalue weighted by Gasteiger charge is 1.97. The maximum Gasteiger partial charge on any atom is 0.0385 e. The Bertz CT molecular complexity index is 315. The van der Waals surface area contributed by atoms with Crippen molar-refractivity contribution >= 4 is 6.21 Å². The number of unbranched alkanes of at least 4 members (excludes halogenated alkanes) is 13. The Balaban J connectivity index is 1.70. The molecule has 0 radical (unpaired) electrons. The normalized spacial score (nSPS) is 14.5. The van der Waals surface area contributed by atoms with Crippen LogP contribution in [0.2, 0.25) is 0 Å². The molecular weight excluding hydrogens is 278 g/mol. The van der Waals surface area contributed by atoms with Crippen LogP contribution in [0.25, 0.3) is 0 Å². The molecule has 0 aromatic carbocycles. The van der Waals surface area contributed by atoms with Gasteiger partial charge in [0, 0.05) is 18.7 Å². The molecule has 0 unspecified atom stereocenters. The highest BCUT2D eigenvalue weighted by atomic mass is 14.7. The predicted octanol–water partition coefficient (Wildman–Crippen LogP) is 7.28. The molecule has 0 aromatic heterocycles. The van der Waals surface area contributed by atoms with Gasteiger partial charge in [0.05, 0.1) is 0 Å². The van der Waals surface area contributed by atoms with Gasteiger partial charge in [-0.2, -0.15) is 0 Å². The Morgan fingerprint density at radius 1 is 0.652 bits per heavy atom. The van der Waals surface area contributed by atoms with Gasteiger partial charge in [0.1, 0.15) is 0 Å². The van der Waals surface area contributed by atoms with Crippen molar-refractivity contribution in [3.05, 3.63) is 24.3 Å². The van der Waals surface area contributed by atoms with Crippen LogP contribution in [-0.2, 0) is 0 Å². The lowest BCUT2D eigenvalue weighted by molar-refractivity contribution is 0.536. The largest absolute Gasteiger partial charge is 0.297 e. The third-order valence-electron chi connectivity index (χ3n) is 4.70. The molecule has 23 heavy (non-hydrogen) atoms. The monoisotopic (exact) mass is 317 g/mol. The summed E-state index contributed by atoms with van der Waals surface area (Å²) >= 11 is 0. The van der Waals surface area contributed by atoms with Crippen LogP contribution in [0.5, 0.6) is 0 Å². The first kappa shape index (κ1) is 20.2. The van der Waals surface area contributed by atoms with Gasteiger partial charge < -0.3 is 0 Å². The number of nitrogens with zero attached hydrogens (tertiary/aromatic N) is 1. The van der Waals surface area contributed by atoms with Crippen LogP contribution in [0.1, 0.15) is 96.8 Å². The fourth-order valence-electron chi connectivity index (χ4n) is 3.14. The molecule has 0 atom stereocenters. The SMILES string of the molecule is CCCCCCCCCCCCCCCCN=CC1C=CC=C1. The summed E-state index contributed by atoms with van der Waals surface area (Å²) in [6.07, 6.45) is 30.6.